The van der Waals surface area contributed by atoms with Crippen molar-refractivity contribution in [3.05, 3.63) is 49.1 Å². The molecule has 0 aliphatic carbocycles. The second kappa shape index (κ2) is 37.4. The van der Waals surface area contributed by atoms with Crippen molar-refractivity contribution in [1.29, 1.82) is 0 Å². The fourth-order valence-corrected chi connectivity index (χ4v) is 6.25. The third-order valence-electron chi connectivity index (χ3n) is 8.71. The Balaban J connectivity index is 4.40. The average molecular weight is 784 g/mol. The molecular formula is C42H74NO10P. The van der Waals surface area contributed by atoms with E-state index < -0.39 is 51.1 Å². The summed E-state index contributed by atoms with van der Waals surface area (Å²) in [5, 5.41) is 8.88. The van der Waals surface area contributed by atoms with E-state index in [4.69, 9.17) is 24.8 Å². The van der Waals surface area contributed by atoms with Crippen LogP contribution in [0.1, 0.15) is 167 Å². The number of phosphoric acid groups is 1. The molecule has 4 N–H and O–H groups in total. The number of carboxylic acid groups (broad SMARTS) is 1. The number of carbonyl (C=O) groups excluding carboxylic acids is 2. The molecule has 12 heteroatoms. The lowest BCUT2D eigenvalue weighted by Crippen LogP contribution is -2.34. The highest BCUT2D eigenvalue weighted by Crippen LogP contribution is 2.43. The predicted molar refractivity (Wildman–Crippen MR) is 217 cm³/mol. The van der Waals surface area contributed by atoms with Gasteiger partial charge in [-0.05, 0) is 57.8 Å². The molecule has 0 heterocycles. The third kappa shape index (κ3) is 36.4. The standard InChI is InChI=1S/C42H74NO10P/c1-3-5-7-9-11-13-15-17-19-21-23-25-27-29-31-33-40(44)50-35-38(36-51-54(48,49)52-37-39(43)42(46)47)53-41(45)34-32-30-28-26-24-22-20-18-16-14-12-10-8-6-4-2/h4-5,7,11,13,17,19,38-39H,2-3,6,8-10,12,14-16,18,20-37,43H2,1H3,(H,46,47)(H,48,49)/b7-5+,13-11+,19-17+/t38-,39+/m1/s1. The molecule has 0 aromatic carbocycles. The summed E-state index contributed by atoms with van der Waals surface area (Å²) in [6, 6.07) is -1.52. The lowest BCUT2D eigenvalue weighted by molar-refractivity contribution is -0.161. The molecule has 0 saturated carbocycles. The van der Waals surface area contributed by atoms with Crippen molar-refractivity contribution in [2.45, 2.75) is 180 Å². The molecule has 0 aliphatic rings. The molecule has 0 aromatic rings. The maximum Gasteiger partial charge on any atom is 0.472 e. The van der Waals surface area contributed by atoms with Crippen LogP contribution in [-0.4, -0.2) is 59.9 Å². The molecule has 0 bridgehead atoms. The summed E-state index contributed by atoms with van der Waals surface area (Å²) >= 11 is 0. The number of rotatable bonds is 39. The van der Waals surface area contributed by atoms with Crippen LogP contribution in [0.2, 0.25) is 0 Å². The molecule has 0 amide bonds. The second-order valence-corrected chi connectivity index (χ2v) is 15.3. The predicted octanol–water partition coefficient (Wildman–Crippen LogP) is 10.6. The van der Waals surface area contributed by atoms with Gasteiger partial charge < -0.3 is 25.2 Å². The molecule has 3 atom stereocenters. The molecule has 0 aromatic heterocycles. The van der Waals surface area contributed by atoms with Crippen molar-refractivity contribution < 1.29 is 47.5 Å². The van der Waals surface area contributed by atoms with E-state index in [1.807, 2.05) is 6.08 Å². The number of hydrogen-bond donors (Lipinski definition) is 3. The van der Waals surface area contributed by atoms with Crippen LogP contribution in [0.4, 0.5) is 0 Å². The second-order valence-electron chi connectivity index (χ2n) is 13.8. The van der Waals surface area contributed by atoms with Gasteiger partial charge in [0.15, 0.2) is 6.10 Å². The molecule has 0 aliphatic heterocycles. The summed E-state index contributed by atoms with van der Waals surface area (Å²) in [6.07, 6.45) is 39.2. The Hall–Kier alpha value is -2.56. The summed E-state index contributed by atoms with van der Waals surface area (Å²) in [5.41, 5.74) is 5.32. The minimum Gasteiger partial charge on any atom is -0.480 e. The van der Waals surface area contributed by atoms with E-state index in [1.165, 1.54) is 57.8 Å². The number of aliphatic carboxylic acids is 1. The number of nitrogens with two attached hydrogens (primary N) is 1. The van der Waals surface area contributed by atoms with Crippen molar-refractivity contribution in [2.24, 2.45) is 5.73 Å². The van der Waals surface area contributed by atoms with E-state index in [-0.39, 0.29) is 19.4 Å². The van der Waals surface area contributed by atoms with Crippen LogP contribution in [0.5, 0.6) is 0 Å². The summed E-state index contributed by atoms with van der Waals surface area (Å²) < 4.78 is 32.6. The van der Waals surface area contributed by atoms with Gasteiger partial charge in [0.2, 0.25) is 0 Å². The van der Waals surface area contributed by atoms with Crippen molar-refractivity contribution in [3.63, 3.8) is 0 Å². The topological polar surface area (TPSA) is 172 Å². The first kappa shape index (κ1) is 51.4. The highest BCUT2D eigenvalue weighted by atomic mass is 31.2. The Bertz CT molecular complexity index is 1090. The Morgan fingerprint density at radius 3 is 1.59 bits per heavy atom. The normalized spacial score (nSPS) is 14.1. The lowest BCUT2D eigenvalue weighted by Gasteiger charge is -2.20. The lowest BCUT2D eigenvalue weighted by atomic mass is 10.0. The van der Waals surface area contributed by atoms with Crippen molar-refractivity contribution in [3.8, 4) is 0 Å². The van der Waals surface area contributed by atoms with E-state index in [1.54, 1.807) is 0 Å². The first-order valence-electron chi connectivity index (χ1n) is 20.6. The minimum absolute atomic E-state index is 0.155. The van der Waals surface area contributed by atoms with Crippen LogP contribution >= 0.6 is 7.82 Å². The van der Waals surface area contributed by atoms with Crippen molar-refractivity contribution in [2.75, 3.05) is 19.8 Å². The molecule has 54 heavy (non-hydrogen) atoms. The molecule has 1 unspecified atom stereocenters. The number of esters is 2. The number of carboxylic acids is 1. The van der Waals surface area contributed by atoms with Crippen molar-refractivity contribution >= 4 is 25.7 Å². The van der Waals surface area contributed by atoms with E-state index in [0.717, 1.165) is 77.0 Å². The zero-order chi connectivity index (χ0) is 40.0. The first-order chi connectivity index (χ1) is 26.1. The van der Waals surface area contributed by atoms with Gasteiger partial charge in [-0.2, -0.15) is 0 Å². The van der Waals surface area contributed by atoms with E-state index >= 15 is 0 Å². The van der Waals surface area contributed by atoms with Crippen LogP contribution in [0, 0.1) is 0 Å². The van der Waals surface area contributed by atoms with E-state index in [0.29, 0.717) is 12.8 Å². The number of ether oxygens (including phenoxy) is 2. The molecule has 11 nitrogen and oxygen atoms in total. The Morgan fingerprint density at radius 2 is 1.07 bits per heavy atom. The smallest absolute Gasteiger partial charge is 0.472 e. The molecule has 0 saturated heterocycles. The Labute approximate surface area is 326 Å². The third-order valence-corrected chi connectivity index (χ3v) is 9.66. The first-order valence-corrected chi connectivity index (χ1v) is 22.1. The van der Waals surface area contributed by atoms with Gasteiger partial charge in [-0.15, -0.1) is 6.58 Å². The van der Waals surface area contributed by atoms with Gasteiger partial charge in [-0.1, -0.05) is 139 Å². The van der Waals surface area contributed by atoms with E-state index in [9.17, 15) is 23.8 Å². The Morgan fingerprint density at radius 1 is 0.630 bits per heavy atom. The maximum absolute atomic E-state index is 12.6. The number of allylic oxidation sites excluding steroid dienone is 7. The molecule has 0 radical (unpaired) electrons. The number of phosphoric ester groups is 1. The minimum atomic E-state index is -4.72. The highest BCUT2D eigenvalue weighted by Gasteiger charge is 2.28. The summed E-state index contributed by atoms with van der Waals surface area (Å²) in [4.78, 5) is 45.9. The van der Waals surface area contributed by atoms with Crippen LogP contribution in [0.15, 0.2) is 49.1 Å². The molecule has 0 fully saturated rings. The van der Waals surface area contributed by atoms with Gasteiger partial charge in [-0.3, -0.25) is 23.4 Å². The molecular weight excluding hydrogens is 709 g/mol. The van der Waals surface area contributed by atoms with Crippen LogP contribution in [0.3, 0.4) is 0 Å². The van der Waals surface area contributed by atoms with Crippen LogP contribution < -0.4 is 5.73 Å². The summed E-state index contributed by atoms with van der Waals surface area (Å²) in [5.74, 6) is -2.41. The van der Waals surface area contributed by atoms with Crippen molar-refractivity contribution in [1.82, 2.24) is 0 Å². The largest absolute Gasteiger partial charge is 0.480 e. The average Bonchev–Trinajstić information content (AvgIpc) is 3.14. The van der Waals surface area contributed by atoms with Crippen LogP contribution in [-0.2, 0) is 37.5 Å². The van der Waals surface area contributed by atoms with E-state index in [2.05, 4.69) is 54.5 Å². The van der Waals surface area contributed by atoms with Gasteiger partial charge in [0, 0.05) is 12.8 Å². The number of unbranched alkanes of at least 4 members (excludes halogenated alkanes) is 18. The maximum atomic E-state index is 12.6. The molecule has 0 spiro atoms. The quantitative estimate of drug-likeness (QED) is 0.0234. The SMILES string of the molecule is C=CCCCCCCCCCCCCCCCC(=O)O[C@H](COC(=O)CCCCCCC/C=C/C/C=C/C/C=C/CC)COP(=O)(O)OC[C@H](N)C(=O)O. The summed E-state index contributed by atoms with van der Waals surface area (Å²) in [6.45, 7) is 4.18. The fourth-order valence-electron chi connectivity index (χ4n) is 5.47. The van der Waals surface area contributed by atoms with Gasteiger partial charge >= 0.3 is 25.7 Å². The van der Waals surface area contributed by atoms with Gasteiger partial charge in [0.25, 0.3) is 0 Å². The monoisotopic (exact) mass is 784 g/mol. The van der Waals surface area contributed by atoms with Gasteiger partial charge in [-0.25, -0.2) is 4.57 Å². The summed E-state index contributed by atoms with van der Waals surface area (Å²) in [7, 11) is -4.72. The Kier molecular flexibility index (Phi) is 35.6. The fraction of sp³-hybridized carbons (Fsp3) is 0.738. The zero-order valence-corrected chi connectivity index (χ0v) is 34.3. The van der Waals surface area contributed by atoms with Gasteiger partial charge in [0.05, 0.1) is 13.2 Å². The van der Waals surface area contributed by atoms with Gasteiger partial charge in [0.1, 0.15) is 12.6 Å². The molecule has 312 valence electrons. The zero-order valence-electron chi connectivity index (χ0n) is 33.4. The highest BCUT2D eigenvalue weighted by molar-refractivity contribution is 7.47. The number of carbonyl (C=O) groups is 3. The molecule has 0 rings (SSSR count). The van der Waals surface area contributed by atoms with Crippen LogP contribution in [0.25, 0.3) is 0 Å². The number of hydrogen-bond acceptors (Lipinski definition) is 9.